The van der Waals surface area contributed by atoms with Gasteiger partial charge in [0, 0.05) is 95.7 Å². The van der Waals surface area contributed by atoms with Crippen LogP contribution >= 0.6 is 0 Å². The van der Waals surface area contributed by atoms with Crippen molar-refractivity contribution in [3.63, 3.8) is 0 Å². The van der Waals surface area contributed by atoms with E-state index in [0.717, 1.165) is 119 Å². The lowest BCUT2D eigenvalue weighted by Gasteiger charge is -2.45. The second-order valence-electron chi connectivity index (χ2n) is 19.3. The Hall–Kier alpha value is -2.76. The van der Waals surface area contributed by atoms with Crippen LogP contribution in [0.15, 0.2) is 45.1 Å². The minimum absolute atomic E-state index is 0.146. The summed E-state index contributed by atoms with van der Waals surface area (Å²) in [5, 5.41) is 0. The maximum atomic E-state index is 14.0. The minimum Gasteiger partial charge on any atom is -0.348 e. The summed E-state index contributed by atoms with van der Waals surface area (Å²) in [7, 11) is 0. The van der Waals surface area contributed by atoms with Gasteiger partial charge in [0.15, 0.2) is 23.1 Å². The van der Waals surface area contributed by atoms with Crippen LogP contribution in [0.1, 0.15) is 239 Å². The van der Waals surface area contributed by atoms with E-state index in [1.807, 2.05) is 0 Å². The van der Waals surface area contributed by atoms with Crippen LogP contribution in [0.4, 0.5) is 0 Å². The lowest BCUT2D eigenvalue weighted by atomic mass is 9.69. The quantitative estimate of drug-likeness (QED) is 0.0810. The Balaban J connectivity index is 1.13. The van der Waals surface area contributed by atoms with Gasteiger partial charge >= 0.3 is 0 Å². The fourth-order valence-electron chi connectivity index (χ4n) is 11.9. The molecule has 0 saturated carbocycles. The van der Waals surface area contributed by atoms with Gasteiger partial charge in [0.05, 0.1) is 0 Å². The molecular weight excluding hydrogens is 729 g/mol. The van der Waals surface area contributed by atoms with Crippen LogP contribution in [0.3, 0.4) is 0 Å². The van der Waals surface area contributed by atoms with E-state index < -0.39 is 0 Å². The predicted molar refractivity (Wildman–Crippen MR) is 241 cm³/mol. The number of nitrogens with zero attached hydrogens (tertiary/aromatic N) is 2. The molecule has 0 unspecified atom stereocenters. The van der Waals surface area contributed by atoms with E-state index in [9.17, 15) is 19.2 Å². The molecule has 0 N–H and O–H groups in total. The maximum absolute atomic E-state index is 14.0. The Labute approximate surface area is 359 Å². The zero-order valence-electron chi connectivity index (χ0n) is 37.8. The first-order valence-electron chi connectivity index (χ1n) is 25.6. The number of hydrogen-bond acceptors (Lipinski definition) is 6. The molecule has 0 aromatic heterocycles. The standard InChI is InChI=1S/C53H82N2O4/c1-3-5-7-9-11-13-15-17-19-21-38-54-42-30-24-34-46(56)50(42)40(51-43(54)31-25-35-47(51)57)28-23-29-41-52-44(32-26-36-48(52)58)55(45-33-27-37-49(59)53(41)45)39-22-20-18-16-14-12-10-8-6-4-2/h40-41H,3-39H2,1-2H3. The third-order valence-corrected chi connectivity index (χ3v) is 14.9. The molecule has 6 nitrogen and oxygen atoms in total. The molecule has 2 heterocycles. The van der Waals surface area contributed by atoms with Crippen molar-refractivity contribution in [2.24, 2.45) is 11.8 Å². The summed E-state index contributed by atoms with van der Waals surface area (Å²) in [4.78, 5) is 60.7. The molecule has 0 radical (unpaired) electrons. The monoisotopic (exact) mass is 811 g/mol. The molecule has 0 fully saturated rings. The lowest BCUT2D eigenvalue weighted by molar-refractivity contribution is -0.119. The van der Waals surface area contributed by atoms with E-state index in [0.29, 0.717) is 25.7 Å². The van der Waals surface area contributed by atoms with Crippen molar-refractivity contribution >= 4 is 23.1 Å². The summed E-state index contributed by atoms with van der Waals surface area (Å²) >= 11 is 0. The van der Waals surface area contributed by atoms with E-state index in [-0.39, 0.29) is 35.0 Å². The van der Waals surface area contributed by atoms with Crippen LogP contribution in [0.5, 0.6) is 0 Å². The van der Waals surface area contributed by atoms with Crippen LogP contribution < -0.4 is 0 Å². The van der Waals surface area contributed by atoms with E-state index in [4.69, 9.17) is 0 Å². The highest BCUT2D eigenvalue weighted by Crippen LogP contribution is 2.49. The molecule has 2 aliphatic heterocycles. The Bertz CT molecular complexity index is 1390. The van der Waals surface area contributed by atoms with Crippen molar-refractivity contribution in [3.05, 3.63) is 45.1 Å². The Morgan fingerprint density at radius 1 is 0.339 bits per heavy atom. The van der Waals surface area contributed by atoms with Crippen molar-refractivity contribution in [1.82, 2.24) is 9.80 Å². The van der Waals surface area contributed by atoms with Crippen molar-refractivity contribution in [2.45, 2.75) is 239 Å². The fourth-order valence-corrected chi connectivity index (χ4v) is 11.9. The van der Waals surface area contributed by atoms with Gasteiger partial charge in [0.2, 0.25) is 0 Å². The molecule has 59 heavy (non-hydrogen) atoms. The second-order valence-corrected chi connectivity index (χ2v) is 19.3. The number of allylic oxidation sites excluding steroid dienone is 8. The number of carbonyl (C=O) groups excluding carboxylic acids is 4. The number of ketones is 4. The first kappa shape index (κ1) is 45.8. The summed E-state index contributed by atoms with van der Waals surface area (Å²) in [6.07, 6.45) is 37.8. The van der Waals surface area contributed by atoms with E-state index >= 15 is 0 Å². The molecule has 6 heteroatoms. The molecular formula is C53H82N2O4. The molecule has 0 saturated heterocycles. The van der Waals surface area contributed by atoms with Gasteiger partial charge in [-0.1, -0.05) is 136 Å². The van der Waals surface area contributed by atoms with E-state index in [2.05, 4.69) is 23.6 Å². The summed E-state index contributed by atoms with van der Waals surface area (Å²) in [5.41, 5.74) is 8.62. The summed E-state index contributed by atoms with van der Waals surface area (Å²) in [6.45, 7) is 6.38. The van der Waals surface area contributed by atoms with Gasteiger partial charge in [0.25, 0.3) is 0 Å². The fraction of sp³-hybridized carbons (Fsp3) is 0.774. The number of rotatable bonds is 26. The first-order chi connectivity index (χ1) is 29.0. The van der Waals surface area contributed by atoms with Gasteiger partial charge in [-0.05, 0) is 77.0 Å². The summed E-state index contributed by atoms with van der Waals surface area (Å²) in [5.74, 6) is 0.687. The molecule has 6 aliphatic rings. The highest BCUT2D eigenvalue weighted by molar-refractivity contribution is 6.05. The van der Waals surface area contributed by atoms with Crippen LogP contribution in [0.2, 0.25) is 0 Å². The number of Topliss-reactive ketones (excluding diaryl/α,β-unsaturated/α-hetero) is 4. The highest BCUT2D eigenvalue weighted by Gasteiger charge is 2.44. The molecule has 328 valence electrons. The van der Waals surface area contributed by atoms with Crippen molar-refractivity contribution < 1.29 is 19.2 Å². The molecule has 0 spiro atoms. The normalized spacial score (nSPS) is 20.6. The van der Waals surface area contributed by atoms with E-state index in [1.165, 1.54) is 138 Å². The first-order valence-corrected chi connectivity index (χ1v) is 25.6. The van der Waals surface area contributed by atoms with Gasteiger partial charge in [-0.15, -0.1) is 0 Å². The maximum Gasteiger partial charge on any atom is 0.161 e. The molecule has 0 atom stereocenters. The topological polar surface area (TPSA) is 74.8 Å². The van der Waals surface area contributed by atoms with Crippen molar-refractivity contribution in [2.75, 3.05) is 13.1 Å². The van der Waals surface area contributed by atoms with Crippen molar-refractivity contribution in [3.8, 4) is 0 Å². The zero-order valence-corrected chi connectivity index (χ0v) is 37.8. The van der Waals surface area contributed by atoms with Gasteiger partial charge < -0.3 is 9.80 Å². The molecule has 0 bridgehead atoms. The van der Waals surface area contributed by atoms with Crippen LogP contribution in [-0.4, -0.2) is 46.0 Å². The Morgan fingerprint density at radius 3 is 0.864 bits per heavy atom. The zero-order chi connectivity index (χ0) is 41.4. The summed E-state index contributed by atoms with van der Waals surface area (Å²) in [6, 6.07) is 0. The van der Waals surface area contributed by atoms with Crippen LogP contribution in [0, 0.1) is 11.8 Å². The SMILES string of the molecule is CCCCCCCCCCCCN1C2=C(C(=O)CCC2)C(CCCC2C3=C(CCCC3=O)N(CCCCCCCCCCCC)C3=C2C(=O)CCC3)C2=C1CCCC2=O. The summed E-state index contributed by atoms with van der Waals surface area (Å²) < 4.78 is 0. The van der Waals surface area contributed by atoms with Gasteiger partial charge in [-0.3, -0.25) is 19.2 Å². The average Bonchev–Trinajstić information content (AvgIpc) is 3.23. The molecule has 0 aromatic rings. The highest BCUT2D eigenvalue weighted by atomic mass is 16.1. The van der Waals surface area contributed by atoms with E-state index in [1.54, 1.807) is 0 Å². The lowest BCUT2D eigenvalue weighted by Crippen LogP contribution is -2.41. The van der Waals surface area contributed by atoms with Crippen LogP contribution in [0.25, 0.3) is 0 Å². The minimum atomic E-state index is -0.146. The molecule has 0 amide bonds. The number of carbonyl (C=O) groups is 4. The van der Waals surface area contributed by atoms with Crippen molar-refractivity contribution in [1.29, 1.82) is 0 Å². The van der Waals surface area contributed by atoms with Crippen LogP contribution in [-0.2, 0) is 19.2 Å². The second kappa shape index (κ2) is 24.0. The molecule has 4 aliphatic carbocycles. The largest absolute Gasteiger partial charge is 0.348 e. The van der Waals surface area contributed by atoms with Gasteiger partial charge in [0.1, 0.15) is 0 Å². The average molecular weight is 811 g/mol. The third kappa shape index (κ3) is 11.8. The Kier molecular flexibility index (Phi) is 18.6. The Morgan fingerprint density at radius 2 is 0.593 bits per heavy atom. The molecule has 0 aromatic carbocycles. The predicted octanol–water partition coefficient (Wildman–Crippen LogP) is 13.9. The number of unbranched alkanes of at least 4 members (excludes halogenated alkanes) is 18. The van der Waals surface area contributed by atoms with Gasteiger partial charge in [-0.25, -0.2) is 0 Å². The number of hydrogen-bond donors (Lipinski definition) is 0. The molecule has 6 rings (SSSR count). The smallest absolute Gasteiger partial charge is 0.161 e. The third-order valence-electron chi connectivity index (χ3n) is 14.9. The van der Waals surface area contributed by atoms with Gasteiger partial charge in [-0.2, -0.15) is 0 Å².